The topological polar surface area (TPSA) is 415 Å². The van der Waals surface area contributed by atoms with E-state index in [1.807, 2.05) is 0 Å². The van der Waals surface area contributed by atoms with Crippen LogP contribution in [-0.4, -0.2) is 181 Å². The van der Waals surface area contributed by atoms with E-state index in [2.05, 4.69) is 48.6 Å². The number of benzene rings is 7. The third-order valence-corrected chi connectivity index (χ3v) is 25.9. The van der Waals surface area contributed by atoms with E-state index in [-0.39, 0.29) is 183 Å². The Morgan fingerprint density at radius 3 is 1.15 bits per heavy atom. The van der Waals surface area contributed by atoms with Crippen molar-refractivity contribution in [1.29, 1.82) is 0 Å². The Morgan fingerprint density at radius 2 is 0.736 bits per heavy atom. The first-order valence-corrected chi connectivity index (χ1v) is 46.8. The molecule has 0 aliphatic carbocycles. The third kappa shape index (κ3) is 26.2. The molecule has 34 nitrogen and oxygen atoms in total. The number of anilines is 6. The summed E-state index contributed by atoms with van der Waals surface area (Å²) in [6.45, 7) is 2.56. The molecule has 0 saturated heterocycles. The summed E-state index contributed by atoms with van der Waals surface area (Å²) in [6, 6.07) is 35.1. The lowest BCUT2D eigenvalue weighted by atomic mass is 10.1. The second-order valence-corrected chi connectivity index (χ2v) is 36.2. The van der Waals surface area contributed by atoms with Crippen LogP contribution in [-0.2, 0) is 96.5 Å². The molecule has 0 radical (unpaired) electrons. The summed E-state index contributed by atoms with van der Waals surface area (Å²) in [5.74, 6) is -11.2. The summed E-state index contributed by atoms with van der Waals surface area (Å²) >= 11 is 15.8. The molecule has 0 bridgehead atoms. The van der Waals surface area contributed by atoms with Gasteiger partial charge in [0.1, 0.15) is 73.8 Å². The molecule has 11 heterocycles. The highest BCUT2D eigenvalue weighted by Crippen LogP contribution is 2.45. The van der Waals surface area contributed by atoms with Crippen molar-refractivity contribution in [3.63, 3.8) is 0 Å². The SMILES string of the molecule is COC(=O)c1cc(C(N)=O)c2c(c1)N(Cc1ccc(F)cc1)C(=O)CS2.COC(=O)c1ccc2c(n1)N(Cc1c(F)cccc1Cl)C(=O)CO2.COC(=O)c1cnc2c(c1)N(Cc1c(F)cccc1Cl)C(=O)CO2.COC(=O)c1cnc2c(c1)N(Cc1cc(F)cc(F)c1)C(=O)CO2.COC(=O)c1cnc2c(c1)N(Cc1cc(F)cc(F)c1)C(=O)[C@@H](C)S2.COC(=O)c1cnc2c(c1)N(Cc1cc(F)cc(F)c1)C(=O)[C@H](C)S2. The molecule has 6 aliphatic rings. The average Bonchev–Trinajstić information content (AvgIpc) is 0.784. The van der Waals surface area contributed by atoms with E-state index in [0.717, 1.165) is 30.3 Å². The lowest BCUT2D eigenvalue weighted by Gasteiger charge is -2.32. The number of pyridine rings is 5. The van der Waals surface area contributed by atoms with Gasteiger partial charge in [0.25, 0.3) is 17.7 Å². The van der Waals surface area contributed by atoms with Crippen LogP contribution in [0.4, 0.5) is 73.8 Å². The molecule has 0 fully saturated rings. The number of aromatic nitrogens is 5. The number of amides is 7. The highest BCUT2D eigenvalue weighted by atomic mass is 35.5. The fourth-order valence-electron chi connectivity index (χ4n) is 14.8. The molecule has 0 saturated carbocycles. The molecule has 48 heteroatoms. The van der Waals surface area contributed by atoms with Gasteiger partial charge in [-0.2, -0.15) is 0 Å². The minimum Gasteiger partial charge on any atom is -0.480 e. The van der Waals surface area contributed by atoms with Gasteiger partial charge >= 0.3 is 35.8 Å². The fraction of sp³-hybridized carbons (Fsp3) is 0.200. The van der Waals surface area contributed by atoms with Crippen LogP contribution in [0.2, 0.25) is 10.0 Å². The average molecular weight is 2140 g/mol. The Bertz CT molecular complexity index is 6900. The molecule has 7 aromatic carbocycles. The van der Waals surface area contributed by atoms with E-state index < -0.39 is 116 Å². The van der Waals surface area contributed by atoms with Crippen LogP contribution in [0.15, 0.2) is 204 Å². The first kappa shape index (κ1) is 109. The van der Waals surface area contributed by atoms with Crippen molar-refractivity contribution in [2.75, 3.05) is 97.6 Å². The number of hydrogen-bond donors (Lipinski definition) is 1. The molecule has 12 aromatic rings. The summed E-state index contributed by atoms with van der Waals surface area (Å²) in [5.41, 5.74) is 10.1. The molecule has 766 valence electrons. The predicted molar refractivity (Wildman–Crippen MR) is 517 cm³/mol. The van der Waals surface area contributed by atoms with E-state index in [9.17, 15) is 102 Å². The number of nitrogens with zero attached hydrogens (tertiary/aromatic N) is 11. The molecule has 2 atom stereocenters. The summed E-state index contributed by atoms with van der Waals surface area (Å²) in [6.07, 6.45) is 5.30. The Balaban J connectivity index is 0.000000148. The van der Waals surface area contributed by atoms with E-state index >= 15 is 0 Å². The fourth-order valence-corrected chi connectivity index (χ4v) is 18.2. The minimum atomic E-state index is -0.743. The van der Waals surface area contributed by atoms with Gasteiger partial charge in [-0.1, -0.05) is 71.0 Å². The number of methoxy groups -OCH3 is 6. The Kier molecular flexibility index (Phi) is 35.9. The van der Waals surface area contributed by atoms with Crippen LogP contribution in [0.25, 0.3) is 0 Å². The lowest BCUT2D eigenvalue weighted by Crippen LogP contribution is -2.39. The van der Waals surface area contributed by atoms with Crippen molar-refractivity contribution in [2.24, 2.45) is 5.73 Å². The third-order valence-electron chi connectivity index (χ3n) is 21.9. The number of nitrogens with two attached hydrogens (primary N) is 1. The van der Waals surface area contributed by atoms with Gasteiger partial charge in [-0.05, 0) is 157 Å². The zero-order chi connectivity index (χ0) is 107. The standard InChI is InChI=1S/C18H15FN2O4S.2C17H14F2N2O3S.2C16H12ClFN2O4.C16H12F2N2O4/c1-25-18(24)11-6-13(17(20)23)16-14(7-11)21(15(22)9-26-16)8-10-2-4-12(19)5-3-10;2*1-9-16(22)21(8-10-3-12(18)6-13(19)4-10)14-5-11(17(23)24-2)7-20-15(14)25-9;1-23-16(22)9-5-13-15(19-6-9)24-8-14(21)20(13)7-10-11(17)3-2-4-12(10)18;1-23-16(22)12-5-6-13-15(19-12)20(14(21)8-24-13)7-9-10(17)3-2-4-11(9)18;1-23-16(22)10-4-13-15(19-6-10)24-8-14(21)20(13)7-9-2-11(17)5-12(18)3-9/h2-7H,8-9H2,1H3,(H2,20,23);2*3-7,9H,8H2,1-2H3;3*2-6H,7-8H2,1H3/t;2*9-;;;/m.10.../s1. The highest BCUT2D eigenvalue weighted by molar-refractivity contribution is 8.01. The highest BCUT2D eigenvalue weighted by Gasteiger charge is 2.39. The number of rotatable bonds is 19. The summed E-state index contributed by atoms with van der Waals surface area (Å²) in [4.78, 5) is 185. The van der Waals surface area contributed by atoms with Crippen LogP contribution < -0.4 is 49.3 Å². The van der Waals surface area contributed by atoms with E-state index in [1.165, 1.54) is 253 Å². The van der Waals surface area contributed by atoms with Crippen LogP contribution >= 0.6 is 58.5 Å². The summed E-state index contributed by atoms with van der Waals surface area (Å²) in [7, 11) is 7.40. The number of fused-ring (bicyclic) bond motifs is 6. The number of hydrogen-bond acceptors (Lipinski definition) is 30. The second-order valence-electron chi connectivity index (χ2n) is 31.7. The Morgan fingerprint density at radius 1 is 0.378 bits per heavy atom. The molecule has 18 rings (SSSR count). The molecular weight excluding hydrogens is 2060 g/mol. The minimum absolute atomic E-state index is 0.0131. The van der Waals surface area contributed by atoms with Gasteiger partial charge in [-0.3, -0.25) is 43.4 Å². The van der Waals surface area contributed by atoms with E-state index in [4.69, 9.17) is 47.9 Å². The molecule has 2 N–H and O–H groups in total. The van der Waals surface area contributed by atoms with Gasteiger partial charge in [0.15, 0.2) is 37.1 Å². The van der Waals surface area contributed by atoms with Crippen LogP contribution in [0.3, 0.4) is 0 Å². The second kappa shape index (κ2) is 48.7. The zero-order valence-electron chi connectivity index (χ0n) is 78.5. The normalized spacial score (nSPS) is 14.4. The molecule has 6 aliphatic heterocycles. The van der Waals surface area contributed by atoms with Gasteiger partial charge in [0, 0.05) is 69.1 Å². The zero-order valence-corrected chi connectivity index (χ0v) is 82.4. The van der Waals surface area contributed by atoms with Gasteiger partial charge in [0.2, 0.25) is 35.4 Å². The lowest BCUT2D eigenvalue weighted by molar-refractivity contribution is -0.122. The maximum Gasteiger partial charge on any atom is 0.356 e. The summed E-state index contributed by atoms with van der Waals surface area (Å²) < 4.78 is 165. The van der Waals surface area contributed by atoms with E-state index in [0.29, 0.717) is 54.4 Å². The Labute approximate surface area is 857 Å². The molecule has 7 amide bonds. The largest absolute Gasteiger partial charge is 0.480 e. The van der Waals surface area contributed by atoms with Crippen LogP contribution in [0.1, 0.15) is 120 Å². The molecule has 5 aromatic heterocycles. The molecule has 0 spiro atoms. The molecular formula is C100H79Cl2F9N12O22S3. The van der Waals surface area contributed by atoms with Gasteiger partial charge < -0.3 is 68.0 Å². The maximum atomic E-state index is 14.0. The van der Waals surface area contributed by atoms with Crippen molar-refractivity contribution in [2.45, 2.75) is 78.6 Å². The van der Waals surface area contributed by atoms with E-state index in [1.54, 1.807) is 26.0 Å². The first-order valence-electron chi connectivity index (χ1n) is 43.3. The van der Waals surface area contributed by atoms with Crippen LogP contribution in [0.5, 0.6) is 17.5 Å². The Hall–Kier alpha value is -16.2. The molecule has 148 heavy (non-hydrogen) atoms. The van der Waals surface area contributed by atoms with Crippen molar-refractivity contribution in [1.82, 2.24) is 24.9 Å². The van der Waals surface area contributed by atoms with Crippen LogP contribution in [0, 0.1) is 52.4 Å². The number of primary amides is 1. The quantitative estimate of drug-likeness (QED) is 0.0446. The van der Waals surface area contributed by atoms with Crippen molar-refractivity contribution in [3.05, 3.63) is 323 Å². The van der Waals surface area contributed by atoms with Crippen molar-refractivity contribution >= 4 is 170 Å². The number of esters is 6. The molecule has 0 unspecified atom stereocenters. The first-order chi connectivity index (χ1) is 70.7. The smallest absolute Gasteiger partial charge is 0.356 e. The number of ether oxygens (including phenoxy) is 9. The van der Waals surface area contributed by atoms with Gasteiger partial charge in [-0.15, -0.1) is 11.8 Å². The monoisotopic (exact) mass is 2140 g/mol. The predicted octanol–water partition coefficient (Wildman–Crippen LogP) is 15.9. The number of halogens is 11. The maximum absolute atomic E-state index is 14.0. The number of thioether (sulfide) groups is 3. The number of carbonyl (C=O) groups excluding carboxylic acids is 13. The van der Waals surface area contributed by atoms with Gasteiger partial charge in [0.05, 0.1) is 149 Å². The van der Waals surface area contributed by atoms with Crippen molar-refractivity contribution in [3.8, 4) is 17.5 Å². The van der Waals surface area contributed by atoms with Gasteiger partial charge in [-0.25, -0.2) is 93.2 Å². The van der Waals surface area contributed by atoms with Crippen molar-refractivity contribution < 1.29 is 144 Å². The summed E-state index contributed by atoms with van der Waals surface area (Å²) in [5, 5.41) is 0.728. The number of carbonyl (C=O) groups is 13.